The normalized spacial score (nSPS) is 52.7. The smallest absolute Gasteiger partial charge is 0.196 e. The monoisotopic (exact) mass is 444 g/mol. The van der Waals surface area contributed by atoms with Gasteiger partial charge < -0.3 is 15.3 Å². The van der Waals surface area contributed by atoms with E-state index in [-0.39, 0.29) is 29.9 Å². The van der Waals surface area contributed by atoms with Crippen molar-refractivity contribution in [2.75, 3.05) is 6.61 Å². The quantitative estimate of drug-likeness (QED) is 0.608. The molecule has 5 nitrogen and oxygen atoms in total. The van der Waals surface area contributed by atoms with Gasteiger partial charge in [0.2, 0.25) is 0 Å². The Morgan fingerprint density at radius 1 is 1.30 bits per heavy atom. The Morgan fingerprint density at radius 3 is 2.53 bits per heavy atom. The highest BCUT2D eigenvalue weighted by Gasteiger charge is 2.76. The van der Waals surface area contributed by atoms with E-state index >= 15 is 8.78 Å². The summed E-state index contributed by atoms with van der Waals surface area (Å²) < 4.78 is 32.3. The van der Waals surface area contributed by atoms with Gasteiger partial charge in [0.1, 0.15) is 18.4 Å². The van der Waals surface area contributed by atoms with Crippen LogP contribution in [0, 0.1) is 28.6 Å². The van der Waals surface area contributed by atoms with E-state index in [1.807, 2.05) is 0 Å². The maximum absolute atomic E-state index is 17.0. The lowest BCUT2D eigenvalue weighted by Crippen LogP contribution is -2.70. The molecule has 3 fully saturated rings. The fraction of sp³-hybridized carbons (Fsp3) is 0.727. The molecule has 0 amide bonds. The molecule has 3 N–H and O–H groups in total. The van der Waals surface area contributed by atoms with E-state index in [0.29, 0.717) is 0 Å². The summed E-state index contributed by atoms with van der Waals surface area (Å²) in [6.07, 6.45) is -1.28. The number of fused-ring (bicyclic) bond motifs is 5. The van der Waals surface area contributed by atoms with Crippen molar-refractivity contribution in [1.82, 2.24) is 0 Å². The number of Topliss-reactive ketones (excluding diaryl/α,β-unsaturated/α-hetero) is 1. The molecule has 4 aliphatic rings. The number of halogens is 3. The lowest BCUT2D eigenvalue weighted by atomic mass is 9.44. The Labute approximate surface area is 178 Å². The second kappa shape index (κ2) is 6.44. The Hall–Kier alpha value is -1.15. The Morgan fingerprint density at radius 2 is 1.93 bits per heavy atom. The van der Waals surface area contributed by atoms with Crippen LogP contribution in [0.1, 0.15) is 40.0 Å². The van der Waals surface area contributed by atoms with Crippen LogP contribution in [-0.4, -0.2) is 57.0 Å². The van der Waals surface area contributed by atoms with Crippen LogP contribution in [0.25, 0.3) is 0 Å². The molecule has 9 atom stereocenters. The van der Waals surface area contributed by atoms with Crippen molar-refractivity contribution in [3.05, 3.63) is 22.8 Å². The molecule has 0 aromatic carbocycles. The molecule has 0 saturated heterocycles. The molecule has 0 aliphatic heterocycles. The molecular formula is C22H27ClF2O5. The maximum Gasteiger partial charge on any atom is 0.196 e. The number of rotatable bonds is 2. The molecule has 0 unspecified atom stereocenters. The van der Waals surface area contributed by atoms with Gasteiger partial charge in [-0.25, -0.2) is 8.78 Å². The summed E-state index contributed by atoms with van der Waals surface area (Å²) in [5.74, 6) is -3.59. The minimum atomic E-state index is -2.33. The number of ketones is 2. The first-order chi connectivity index (χ1) is 13.8. The summed E-state index contributed by atoms with van der Waals surface area (Å²) in [6.45, 7) is 3.84. The van der Waals surface area contributed by atoms with Gasteiger partial charge in [0, 0.05) is 16.7 Å². The number of aliphatic hydroxyl groups excluding tert-OH is 2. The van der Waals surface area contributed by atoms with Gasteiger partial charge in [-0.1, -0.05) is 25.4 Å². The zero-order chi connectivity index (χ0) is 22.4. The summed E-state index contributed by atoms with van der Waals surface area (Å²) in [7, 11) is 0. The number of aliphatic hydroxyl groups is 3. The Bertz CT molecular complexity index is 889. The number of alkyl halides is 2. The van der Waals surface area contributed by atoms with E-state index in [0.717, 1.165) is 6.08 Å². The molecular weight excluding hydrogens is 418 g/mol. The minimum Gasteiger partial charge on any atom is -0.390 e. The summed E-state index contributed by atoms with van der Waals surface area (Å²) in [5.41, 5.74) is -7.19. The lowest BCUT2D eigenvalue weighted by molar-refractivity contribution is -0.223. The van der Waals surface area contributed by atoms with Crippen LogP contribution >= 0.6 is 11.6 Å². The highest BCUT2D eigenvalue weighted by molar-refractivity contribution is 6.44. The van der Waals surface area contributed by atoms with E-state index in [9.17, 15) is 24.9 Å². The molecule has 166 valence electrons. The van der Waals surface area contributed by atoms with Gasteiger partial charge in [0.05, 0.1) is 11.1 Å². The van der Waals surface area contributed by atoms with Crippen molar-refractivity contribution in [1.29, 1.82) is 0 Å². The van der Waals surface area contributed by atoms with Crippen molar-refractivity contribution >= 4 is 23.2 Å². The summed E-state index contributed by atoms with van der Waals surface area (Å²) in [5, 5.41) is 31.7. The lowest BCUT2D eigenvalue weighted by Gasteiger charge is -2.63. The van der Waals surface area contributed by atoms with E-state index in [1.54, 1.807) is 13.8 Å². The van der Waals surface area contributed by atoms with Crippen LogP contribution in [-0.2, 0) is 9.59 Å². The van der Waals surface area contributed by atoms with Crippen LogP contribution in [0.3, 0.4) is 0 Å². The standard InChI is InChI=1S/C22H27ClF2O5/c1-10-4-11-12-5-15(24)13-6-16(27)14(23)7-19(13,2)21(12,25)17(28)8-20(11,3)22(10,30)18(29)9-26/h6-7,10-12,15,17,26,28,30H,4-5,8-9H2,1-3H3/t10-,11-,12+,15+,17-,19+,20-,21+,22+/m1/s1. The van der Waals surface area contributed by atoms with Gasteiger partial charge in [-0.2, -0.15) is 0 Å². The van der Waals surface area contributed by atoms with Crippen LogP contribution in [0.2, 0.25) is 0 Å². The Balaban J connectivity index is 1.89. The molecule has 0 aromatic heterocycles. The minimum absolute atomic E-state index is 0.0361. The number of carbonyl (C=O) groups excluding carboxylic acids is 2. The average Bonchev–Trinajstić information content (AvgIpc) is 2.87. The number of carbonyl (C=O) groups is 2. The molecule has 0 heterocycles. The van der Waals surface area contributed by atoms with E-state index < -0.39 is 70.3 Å². The third kappa shape index (κ3) is 2.27. The van der Waals surface area contributed by atoms with Crippen molar-refractivity contribution in [3.63, 3.8) is 0 Å². The van der Waals surface area contributed by atoms with Crippen LogP contribution < -0.4 is 0 Å². The third-order valence-electron chi connectivity index (χ3n) is 8.84. The van der Waals surface area contributed by atoms with Gasteiger partial charge in [0.25, 0.3) is 0 Å². The largest absolute Gasteiger partial charge is 0.390 e. The van der Waals surface area contributed by atoms with Crippen molar-refractivity contribution < 1.29 is 33.7 Å². The fourth-order valence-corrected chi connectivity index (χ4v) is 7.58. The van der Waals surface area contributed by atoms with Crippen LogP contribution in [0.5, 0.6) is 0 Å². The van der Waals surface area contributed by atoms with Crippen molar-refractivity contribution in [3.8, 4) is 0 Å². The topological polar surface area (TPSA) is 94.8 Å². The molecule has 0 bridgehead atoms. The number of allylic oxidation sites excluding steroid dienone is 4. The molecule has 4 rings (SSSR count). The maximum atomic E-state index is 17.0. The molecule has 0 aromatic rings. The number of hydrogen-bond acceptors (Lipinski definition) is 5. The second-order valence-electron chi connectivity index (χ2n) is 9.96. The molecule has 4 aliphatic carbocycles. The molecule has 8 heteroatoms. The zero-order valence-corrected chi connectivity index (χ0v) is 17.9. The first-order valence-corrected chi connectivity index (χ1v) is 10.7. The zero-order valence-electron chi connectivity index (χ0n) is 17.2. The van der Waals surface area contributed by atoms with Gasteiger partial charge >= 0.3 is 0 Å². The van der Waals surface area contributed by atoms with E-state index in [2.05, 4.69) is 0 Å². The van der Waals surface area contributed by atoms with E-state index in [1.165, 1.54) is 13.0 Å². The van der Waals surface area contributed by atoms with Crippen LogP contribution in [0.15, 0.2) is 22.8 Å². The van der Waals surface area contributed by atoms with Gasteiger partial charge in [0.15, 0.2) is 17.2 Å². The van der Waals surface area contributed by atoms with E-state index in [4.69, 9.17) is 11.6 Å². The second-order valence-corrected chi connectivity index (χ2v) is 10.4. The molecule has 30 heavy (non-hydrogen) atoms. The summed E-state index contributed by atoms with van der Waals surface area (Å²) in [4.78, 5) is 24.6. The summed E-state index contributed by atoms with van der Waals surface area (Å²) >= 11 is 6.02. The van der Waals surface area contributed by atoms with Gasteiger partial charge in [-0.3, -0.25) is 9.59 Å². The third-order valence-corrected chi connectivity index (χ3v) is 9.13. The van der Waals surface area contributed by atoms with Gasteiger partial charge in [-0.05, 0) is 55.7 Å². The predicted molar refractivity (Wildman–Crippen MR) is 105 cm³/mol. The Kier molecular flexibility index (Phi) is 4.73. The first-order valence-electron chi connectivity index (χ1n) is 10.3. The molecule has 0 radical (unpaired) electrons. The van der Waals surface area contributed by atoms with Crippen molar-refractivity contribution in [2.45, 2.75) is 63.6 Å². The average molecular weight is 445 g/mol. The van der Waals surface area contributed by atoms with Crippen molar-refractivity contribution in [2.24, 2.45) is 28.6 Å². The highest BCUT2D eigenvalue weighted by atomic mass is 35.5. The fourth-order valence-electron chi connectivity index (χ4n) is 7.31. The highest BCUT2D eigenvalue weighted by Crippen LogP contribution is 2.71. The van der Waals surface area contributed by atoms with Gasteiger partial charge in [-0.15, -0.1) is 0 Å². The first kappa shape index (κ1) is 22.1. The summed E-state index contributed by atoms with van der Waals surface area (Å²) in [6, 6.07) is 0. The molecule has 3 saturated carbocycles. The SMILES string of the molecule is C[C@@H]1C[C@@H]2[C@@H]3C[C@H](F)C4=CC(=O)C(Cl)=C[C@]4(C)[C@@]3(F)[C@H](O)C[C@@]2(C)[C@@]1(O)C(=O)CO. The number of hydrogen-bond donors (Lipinski definition) is 3. The predicted octanol–water partition coefficient (Wildman–Crippen LogP) is 2.41. The molecule has 0 spiro atoms. The van der Waals surface area contributed by atoms with Crippen LogP contribution in [0.4, 0.5) is 8.78 Å².